The maximum Gasteiger partial charge on any atom is 0.303 e. The highest BCUT2D eigenvalue weighted by atomic mass is 79.9. The second kappa shape index (κ2) is 5.89. The number of halogens is 2. The minimum Gasteiger partial charge on any atom is -0.457 e. The molecule has 0 saturated heterocycles. The standard InChI is InChI=1S/C11H10BrClN2O2/c1-6(16)17-10(4-12)7-2-8(5-14)11(15)9(13)3-7/h2-3,10H,4,15H2,1H3/t10-/m1/s1. The number of nitrogens with zero attached hydrogens (tertiary/aromatic N) is 1. The Morgan fingerprint density at radius 2 is 2.35 bits per heavy atom. The van der Waals surface area contributed by atoms with Crippen molar-refractivity contribution < 1.29 is 9.53 Å². The van der Waals surface area contributed by atoms with E-state index in [0.717, 1.165) is 0 Å². The molecule has 0 fully saturated rings. The van der Waals surface area contributed by atoms with E-state index in [0.29, 0.717) is 10.9 Å². The Morgan fingerprint density at radius 1 is 1.71 bits per heavy atom. The lowest BCUT2D eigenvalue weighted by molar-refractivity contribution is -0.145. The number of alkyl halides is 1. The molecule has 0 amide bonds. The summed E-state index contributed by atoms with van der Waals surface area (Å²) in [7, 11) is 0. The highest BCUT2D eigenvalue weighted by molar-refractivity contribution is 9.09. The van der Waals surface area contributed by atoms with E-state index in [1.807, 2.05) is 6.07 Å². The summed E-state index contributed by atoms with van der Waals surface area (Å²) in [5.41, 5.74) is 6.76. The molecule has 1 aromatic carbocycles. The molecule has 0 aliphatic heterocycles. The highest BCUT2D eigenvalue weighted by Gasteiger charge is 2.16. The van der Waals surface area contributed by atoms with Gasteiger partial charge in [0.05, 0.1) is 16.3 Å². The molecule has 1 rings (SSSR count). The van der Waals surface area contributed by atoms with Crippen molar-refractivity contribution in [2.24, 2.45) is 0 Å². The molecule has 2 N–H and O–H groups in total. The number of carbonyl (C=O) groups is 1. The molecule has 0 bridgehead atoms. The molecule has 1 aromatic rings. The van der Waals surface area contributed by atoms with Crippen LogP contribution in [0.25, 0.3) is 0 Å². The Balaban J connectivity index is 3.17. The lowest BCUT2D eigenvalue weighted by atomic mass is 10.1. The fourth-order valence-electron chi connectivity index (χ4n) is 1.31. The van der Waals surface area contributed by atoms with E-state index in [-0.39, 0.29) is 16.3 Å². The smallest absolute Gasteiger partial charge is 0.303 e. The normalized spacial score (nSPS) is 11.6. The van der Waals surface area contributed by atoms with Gasteiger partial charge in [-0.3, -0.25) is 4.79 Å². The van der Waals surface area contributed by atoms with Gasteiger partial charge in [-0.25, -0.2) is 0 Å². The summed E-state index contributed by atoms with van der Waals surface area (Å²) in [6.45, 7) is 1.32. The summed E-state index contributed by atoms with van der Waals surface area (Å²) in [6.07, 6.45) is -0.488. The second-order valence-electron chi connectivity index (χ2n) is 3.33. The van der Waals surface area contributed by atoms with Crippen LogP contribution in [-0.4, -0.2) is 11.3 Å². The number of carbonyl (C=O) groups excluding carboxylic acids is 1. The third kappa shape index (κ3) is 3.35. The van der Waals surface area contributed by atoms with Gasteiger partial charge in [0.15, 0.2) is 0 Å². The fourth-order valence-corrected chi connectivity index (χ4v) is 2.04. The second-order valence-corrected chi connectivity index (χ2v) is 4.38. The maximum absolute atomic E-state index is 10.9. The number of ether oxygens (including phenoxy) is 1. The predicted octanol–water partition coefficient (Wildman–Crippen LogP) is 2.79. The molecule has 0 aromatic heterocycles. The van der Waals surface area contributed by atoms with Crippen LogP contribution in [0.3, 0.4) is 0 Å². The number of esters is 1. The van der Waals surface area contributed by atoms with Gasteiger partial charge in [0, 0.05) is 12.3 Å². The van der Waals surface area contributed by atoms with E-state index in [4.69, 9.17) is 27.3 Å². The topological polar surface area (TPSA) is 76.1 Å². The van der Waals surface area contributed by atoms with Gasteiger partial charge in [0.25, 0.3) is 0 Å². The summed E-state index contributed by atoms with van der Waals surface area (Å²) >= 11 is 9.14. The number of hydrogen-bond acceptors (Lipinski definition) is 4. The van der Waals surface area contributed by atoms with Crippen molar-refractivity contribution >= 4 is 39.2 Å². The van der Waals surface area contributed by atoms with Crippen molar-refractivity contribution in [1.82, 2.24) is 0 Å². The molecular weight excluding hydrogens is 307 g/mol. The number of benzene rings is 1. The number of anilines is 1. The average molecular weight is 318 g/mol. The first-order valence-corrected chi connectivity index (χ1v) is 6.21. The number of hydrogen-bond donors (Lipinski definition) is 1. The Morgan fingerprint density at radius 3 is 2.82 bits per heavy atom. The van der Waals surface area contributed by atoms with Crippen LogP contribution in [0.1, 0.15) is 24.2 Å². The Hall–Kier alpha value is -1.25. The van der Waals surface area contributed by atoms with Crippen LogP contribution >= 0.6 is 27.5 Å². The van der Waals surface area contributed by atoms with Crippen molar-refractivity contribution in [3.63, 3.8) is 0 Å². The Kier molecular flexibility index (Phi) is 4.79. The van der Waals surface area contributed by atoms with Gasteiger partial charge in [0.1, 0.15) is 12.2 Å². The van der Waals surface area contributed by atoms with Crippen molar-refractivity contribution in [1.29, 1.82) is 5.26 Å². The lowest BCUT2D eigenvalue weighted by Gasteiger charge is -2.16. The molecule has 17 heavy (non-hydrogen) atoms. The third-order valence-electron chi connectivity index (χ3n) is 2.09. The molecule has 6 heteroatoms. The Bertz CT molecular complexity index is 485. The third-order valence-corrected chi connectivity index (χ3v) is 2.99. The summed E-state index contributed by atoms with van der Waals surface area (Å²) < 4.78 is 5.09. The van der Waals surface area contributed by atoms with Gasteiger partial charge in [-0.05, 0) is 17.7 Å². The minimum atomic E-state index is -0.488. The van der Waals surface area contributed by atoms with Gasteiger partial charge in [0.2, 0.25) is 0 Å². The van der Waals surface area contributed by atoms with Crippen molar-refractivity contribution in [2.75, 3.05) is 11.1 Å². The molecule has 0 spiro atoms. The molecular formula is C11H10BrClN2O2. The molecule has 0 radical (unpaired) electrons. The van der Waals surface area contributed by atoms with Gasteiger partial charge >= 0.3 is 5.97 Å². The largest absolute Gasteiger partial charge is 0.457 e. The highest BCUT2D eigenvalue weighted by Crippen LogP contribution is 2.29. The maximum atomic E-state index is 10.9. The van der Waals surface area contributed by atoms with Crippen LogP contribution in [0.2, 0.25) is 5.02 Å². The van der Waals surface area contributed by atoms with Crippen LogP contribution < -0.4 is 5.73 Å². The molecule has 0 aliphatic carbocycles. The zero-order chi connectivity index (χ0) is 13.0. The first-order valence-electron chi connectivity index (χ1n) is 4.71. The summed E-state index contributed by atoms with van der Waals surface area (Å²) in [4.78, 5) is 10.9. The molecule has 4 nitrogen and oxygen atoms in total. The molecule has 0 unspecified atom stereocenters. The SMILES string of the molecule is CC(=O)O[C@H](CBr)c1cc(Cl)c(N)c(C#N)c1. The average Bonchev–Trinajstić information content (AvgIpc) is 2.29. The molecule has 1 atom stereocenters. The van der Waals surface area contributed by atoms with Gasteiger partial charge in [-0.2, -0.15) is 5.26 Å². The van der Waals surface area contributed by atoms with Crippen LogP contribution in [0.4, 0.5) is 5.69 Å². The minimum absolute atomic E-state index is 0.231. The first kappa shape index (κ1) is 13.8. The van der Waals surface area contributed by atoms with Crippen molar-refractivity contribution in [3.05, 3.63) is 28.3 Å². The molecule has 0 saturated carbocycles. The van der Waals surface area contributed by atoms with Crippen LogP contribution in [0.15, 0.2) is 12.1 Å². The molecule has 90 valence electrons. The summed E-state index contributed by atoms with van der Waals surface area (Å²) in [5, 5.41) is 9.59. The zero-order valence-electron chi connectivity index (χ0n) is 9.04. The van der Waals surface area contributed by atoms with E-state index in [2.05, 4.69) is 15.9 Å². The summed E-state index contributed by atoms with van der Waals surface area (Å²) in [6, 6.07) is 5.10. The number of nitrogen functional groups attached to an aromatic ring is 1. The van der Waals surface area contributed by atoms with Gasteiger partial charge in [-0.15, -0.1) is 0 Å². The van der Waals surface area contributed by atoms with Gasteiger partial charge in [-0.1, -0.05) is 27.5 Å². The van der Waals surface area contributed by atoms with E-state index in [1.54, 1.807) is 12.1 Å². The molecule has 0 heterocycles. The number of rotatable bonds is 3. The van der Waals surface area contributed by atoms with Crippen molar-refractivity contribution in [3.8, 4) is 6.07 Å². The predicted molar refractivity (Wildman–Crippen MR) is 68.9 cm³/mol. The van der Waals surface area contributed by atoms with Gasteiger partial charge < -0.3 is 10.5 Å². The van der Waals surface area contributed by atoms with Crippen LogP contribution in [0.5, 0.6) is 0 Å². The van der Waals surface area contributed by atoms with E-state index in [9.17, 15) is 4.79 Å². The van der Waals surface area contributed by atoms with E-state index in [1.165, 1.54) is 6.92 Å². The Labute approximate surface area is 112 Å². The monoisotopic (exact) mass is 316 g/mol. The van der Waals surface area contributed by atoms with Crippen LogP contribution in [0, 0.1) is 11.3 Å². The quantitative estimate of drug-likeness (QED) is 0.528. The van der Waals surface area contributed by atoms with E-state index >= 15 is 0 Å². The summed E-state index contributed by atoms with van der Waals surface area (Å²) in [5.74, 6) is -0.402. The zero-order valence-corrected chi connectivity index (χ0v) is 11.4. The first-order chi connectivity index (χ1) is 7.99. The lowest BCUT2D eigenvalue weighted by Crippen LogP contribution is -2.10. The van der Waals surface area contributed by atoms with E-state index < -0.39 is 12.1 Å². The van der Waals surface area contributed by atoms with Crippen molar-refractivity contribution in [2.45, 2.75) is 13.0 Å². The number of nitrogens with two attached hydrogens (primary N) is 1. The van der Waals surface area contributed by atoms with Crippen LogP contribution in [-0.2, 0) is 9.53 Å². The molecule has 0 aliphatic rings. The fraction of sp³-hybridized carbons (Fsp3) is 0.273. The number of nitriles is 1.